The first-order valence-electron chi connectivity index (χ1n) is 6.46. The molecule has 2 aliphatic rings. The Morgan fingerprint density at radius 2 is 1.88 bits per heavy atom. The molecule has 3 heteroatoms. The Balaban J connectivity index is 2.02. The number of hydrogen-bond acceptors (Lipinski definition) is 3. The fourth-order valence-corrected chi connectivity index (χ4v) is 2.56. The van der Waals surface area contributed by atoms with Crippen molar-refractivity contribution in [1.29, 1.82) is 0 Å². The zero-order valence-electron chi connectivity index (χ0n) is 11.0. The standard InChI is InChI=1S/C13H24N2O/c1-12(2,3)11-14-15-13(4,16-11)10-8-6-5-7-9-10/h10,15H,5-9H2,1-4H3. The lowest BCUT2D eigenvalue weighted by molar-refractivity contribution is -0.0165. The van der Waals surface area contributed by atoms with Crippen LogP contribution in [0.4, 0.5) is 0 Å². The summed E-state index contributed by atoms with van der Waals surface area (Å²) in [5.41, 5.74) is 2.96. The molecule has 1 N–H and O–H groups in total. The van der Waals surface area contributed by atoms with Gasteiger partial charge >= 0.3 is 0 Å². The maximum Gasteiger partial charge on any atom is 0.213 e. The van der Waals surface area contributed by atoms with Crippen LogP contribution in [0.25, 0.3) is 0 Å². The predicted octanol–water partition coefficient (Wildman–Crippen LogP) is 3.26. The molecule has 0 aromatic carbocycles. The number of ether oxygens (including phenoxy) is 1. The van der Waals surface area contributed by atoms with Crippen LogP contribution in [-0.4, -0.2) is 11.6 Å². The molecule has 0 amide bonds. The first-order valence-corrected chi connectivity index (χ1v) is 6.46. The maximum absolute atomic E-state index is 6.09. The summed E-state index contributed by atoms with van der Waals surface area (Å²) in [4.78, 5) is 0. The van der Waals surface area contributed by atoms with Crippen LogP contribution < -0.4 is 5.43 Å². The first kappa shape index (κ1) is 11.7. The van der Waals surface area contributed by atoms with E-state index in [9.17, 15) is 0 Å². The minimum absolute atomic E-state index is 0.000569. The van der Waals surface area contributed by atoms with Gasteiger partial charge in [0.25, 0.3) is 0 Å². The molecule has 16 heavy (non-hydrogen) atoms. The summed E-state index contributed by atoms with van der Waals surface area (Å²) >= 11 is 0. The van der Waals surface area contributed by atoms with Crippen LogP contribution in [0, 0.1) is 11.3 Å². The van der Waals surface area contributed by atoms with E-state index in [1.807, 2.05) is 0 Å². The van der Waals surface area contributed by atoms with Gasteiger partial charge in [0.15, 0.2) is 5.72 Å². The fourth-order valence-electron chi connectivity index (χ4n) is 2.56. The number of rotatable bonds is 1. The van der Waals surface area contributed by atoms with Crippen molar-refractivity contribution in [2.45, 2.75) is 65.5 Å². The van der Waals surface area contributed by atoms with Crippen molar-refractivity contribution in [2.75, 3.05) is 0 Å². The Bertz CT molecular complexity index is 287. The largest absolute Gasteiger partial charge is 0.451 e. The molecular formula is C13H24N2O. The van der Waals surface area contributed by atoms with E-state index in [1.165, 1.54) is 32.1 Å². The molecule has 0 aromatic heterocycles. The van der Waals surface area contributed by atoms with Crippen LogP contribution in [0.5, 0.6) is 0 Å². The Morgan fingerprint density at radius 3 is 2.38 bits per heavy atom. The van der Waals surface area contributed by atoms with Gasteiger partial charge in [-0.3, -0.25) is 5.43 Å². The molecule has 92 valence electrons. The summed E-state index contributed by atoms with van der Waals surface area (Å²) < 4.78 is 6.09. The highest BCUT2D eigenvalue weighted by molar-refractivity contribution is 5.82. The molecule has 0 aromatic rings. The van der Waals surface area contributed by atoms with Gasteiger partial charge in [-0.25, -0.2) is 0 Å². The number of hydrogen-bond donors (Lipinski definition) is 1. The molecule has 0 spiro atoms. The van der Waals surface area contributed by atoms with Crippen LogP contribution in [0.15, 0.2) is 5.10 Å². The molecule has 0 saturated heterocycles. The van der Waals surface area contributed by atoms with Gasteiger partial charge in [-0.15, -0.1) is 5.10 Å². The molecule has 3 nitrogen and oxygen atoms in total. The molecule has 0 bridgehead atoms. The minimum atomic E-state index is -0.261. The zero-order valence-corrected chi connectivity index (χ0v) is 11.0. The van der Waals surface area contributed by atoms with Gasteiger partial charge in [0.05, 0.1) is 0 Å². The number of nitrogens with zero attached hydrogens (tertiary/aromatic N) is 1. The third-order valence-electron chi connectivity index (χ3n) is 3.71. The molecular weight excluding hydrogens is 200 g/mol. The summed E-state index contributed by atoms with van der Waals surface area (Å²) in [6.07, 6.45) is 6.55. The Labute approximate surface area is 98.6 Å². The fraction of sp³-hybridized carbons (Fsp3) is 0.923. The second-order valence-electron chi connectivity index (χ2n) is 6.32. The summed E-state index contributed by atoms with van der Waals surface area (Å²) in [5, 5.41) is 4.38. The van der Waals surface area contributed by atoms with Crippen molar-refractivity contribution in [1.82, 2.24) is 5.43 Å². The average Bonchev–Trinajstić information content (AvgIpc) is 2.63. The van der Waals surface area contributed by atoms with Gasteiger partial charge in [-0.05, 0) is 19.8 Å². The number of hydrazone groups is 1. The van der Waals surface area contributed by atoms with Crippen LogP contribution in [0.2, 0.25) is 0 Å². The van der Waals surface area contributed by atoms with E-state index in [-0.39, 0.29) is 11.1 Å². The average molecular weight is 224 g/mol. The molecule has 1 fully saturated rings. The topological polar surface area (TPSA) is 33.6 Å². The highest BCUT2D eigenvalue weighted by atomic mass is 16.5. The van der Waals surface area contributed by atoms with Gasteiger partial charge in [0.2, 0.25) is 5.90 Å². The van der Waals surface area contributed by atoms with E-state index >= 15 is 0 Å². The van der Waals surface area contributed by atoms with Crippen molar-refractivity contribution in [3.8, 4) is 0 Å². The zero-order chi connectivity index (χ0) is 11.8. The minimum Gasteiger partial charge on any atom is -0.451 e. The third kappa shape index (κ3) is 2.18. The predicted molar refractivity (Wildman–Crippen MR) is 66.1 cm³/mol. The first-order chi connectivity index (χ1) is 7.42. The quantitative estimate of drug-likeness (QED) is 0.741. The van der Waals surface area contributed by atoms with Gasteiger partial charge in [0, 0.05) is 11.3 Å². The normalized spacial score (nSPS) is 31.9. The Hall–Kier alpha value is -0.730. The van der Waals surface area contributed by atoms with E-state index in [2.05, 4.69) is 38.2 Å². The van der Waals surface area contributed by atoms with Gasteiger partial charge in [-0.1, -0.05) is 40.0 Å². The van der Waals surface area contributed by atoms with Gasteiger partial charge in [-0.2, -0.15) is 0 Å². The van der Waals surface area contributed by atoms with Crippen molar-refractivity contribution < 1.29 is 4.74 Å². The molecule has 1 saturated carbocycles. The molecule has 1 unspecified atom stereocenters. The van der Waals surface area contributed by atoms with Gasteiger partial charge in [0.1, 0.15) is 0 Å². The van der Waals surface area contributed by atoms with Crippen molar-refractivity contribution in [2.24, 2.45) is 16.4 Å². The highest BCUT2D eigenvalue weighted by Gasteiger charge is 2.43. The Morgan fingerprint density at radius 1 is 1.25 bits per heavy atom. The van der Waals surface area contributed by atoms with E-state index in [0.29, 0.717) is 5.92 Å². The lowest BCUT2D eigenvalue weighted by atomic mass is 9.82. The van der Waals surface area contributed by atoms with Crippen molar-refractivity contribution in [3.63, 3.8) is 0 Å². The van der Waals surface area contributed by atoms with E-state index in [0.717, 1.165) is 5.90 Å². The van der Waals surface area contributed by atoms with Crippen LogP contribution in [0.3, 0.4) is 0 Å². The lowest BCUT2D eigenvalue weighted by Gasteiger charge is -2.36. The SMILES string of the molecule is CC(C)(C)C1=NNC(C)(C2CCCCC2)O1. The molecule has 1 aliphatic carbocycles. The van der Waals surface area contributed by atoms with Crippen LogP contribution in [0.1, 0.15) is 59.8 Å². The summed E-state index contributed by atoms with van der Waals surface area (Å²) in [6.45, 7) is 8.56. The third-order valence-corrected chi connectivity index (χ3v) is 3.71. The van der Waals surface area contributed by atoms with Crippen LogP contribution >= 0.6 is 0 Å². The Kier molecular flexibility index (Phi) is 2.89. The van der Waals surface area contributed by atoms with Crippen molar-refractivity contribution in [3.05, 3.63) is 0 Å². The summed E-state index contributed by atoms with van der Waals surface area (Å²) in [6, 6.07) is 0. The second kappa shape index (κ2) is 3.94. The molecule has 1 heterocycles. The van der Waals surface area contributed by atoms with E-state index in [1.54, 1.807) is 0 Å². The molecule has 1 atom stereocenters. The summed E-state index contributed by atoms with van der Waals surface area (Å²) in [5.74, 6) is 1.45. The van der Waals surface area contributed by atoms with E-state index in [4.69, 9.17) is 4.74 Å². The van der Waals surface area contributed by atoms with Gasteiger partial charge < -0.3 is 4.74 Å². The maximum atomic E-state index is 6.09. The smallest absolute Gasteiger partial charge is 0.213 e. The van der Waals surface area contributed by atoms with Crippen LogP contribution in [-0.2, 0) is 4.74 Å². The highest BCUT2D eigenvalue weighted by Crippen LogP contribution is 2.37. The monoisotopic (exact) mass is 224 g/mol. The summed E-state index contributed by atoms with van der Waals surface area (Å²) in [7, 11) is 0. The molecule has 1 aliphatic heterocycles. The lowest BCUT2D eigenvalue weighted by Crippen LogP contribution is -2.46. The van der Waals surface area contributed by atoms with Crippen molar-refractivity contribution >= 4 is 5.90 Å². The molecule has 2 rings (SSSR count). The number of nitrogens with one attached hydrogen (secondary N) is 1. The molecule has 0 radical (unpaired) electrons. The van der Waals surface area contributed by atoms with E-state index < -0.39 is 0 Å². The second-order valence-corrected chi connectivity index (χ2v) is 6.32.